The normalized spacial score (nSPS) is 10.8. The molecule has 0 bridgehead atoms. The molecule has 2 aromatic carbocycles. The van der Waals surface area contributed by atoms with E-state index >= 15 is 0 Å². The van der Waals surface area contributed by atoms with Gasteiger partial charge in [-0.05, 0) is 23.3 Å². The highest BCUT2D eigenvalue weighted by Crippen LogP contribution is 2.28. The van der Waals surface area contributed by atoms with E-state index in [-0.39, 0.29) is 13.7 Å². The zero-order chi connectivity index (χ0) is 13.5. The molecule has 0 radical (unpaired) electrons. The van der Waals surface area contributed by atoms with Crippen molar-refractivity contribution in [1.29, 1.82) is 0 Å². The van der Waals surface area contributed by atoms with Gasteiger partial charge in [-0.15, -0.1) is 0 Å². The Labute approximate surface area is 108 Å². The molecule has 0 atom stereocenters. The van der Waals surface area contributed by atoms with Crippen LogP contribution in [0.2, 0.25) is 0 Å². The first kappa shape index (κ1) is 11.1. The Hall–Kier alpha value is -2.00. The number of aliphatic hydroxyl groups is 1. The van der Waals surface area contributed by atoms with Crippen molar-refractivity contribution in [2.45, 2.75) is 13.2 Å². The average molecular weight is 245 g/mol. The molecule has 0 spiro atoms. The van der Waals surface area contributed by atoms with E-state index in [2.05, 4.69) is 0 Å². The molecule has 3 heteroatoms. The third-order valence-corrected chi connectivity index (χ3v) is 2.58. The van der Waals surface area contributed by atoms with Crippen molar-refractivity contribution in [2.24, 2.45) is 0 Å². The molecule has 0 fully saturated rings. The second-order valence-corrected chi connectivity index (χ2v) is 3.86. The van der Waals surface area contributed by atoms with Crippen LogP contribution < -0.4 is 9.47 Å². The summed E-state index contributed by atoms with van der Waals surface area (Å²) < 4.78 is 18.0. The number of hydrogen-bond donors (Lipinski definition) is 1. The molecule has 0 aliphatic heterocycles. The van der Waals surface area contributed by atoms with Crippen LogP contribution in [-0.2, 0) is 13.2 Å². The Morgan fingerprint density at radius 1 is 1.06 bits per heavy atom. The highest BCUT2D eigenvalue weighted by molar-refractivity contribution is 5.42. The molecule has 2 aromatic rings. The number of aliphatic hydroxyl groups excluding tert-OH is 1. The van der Waals surface area contributed by atoms with Crippen molar-refractivity contribution in [3.8, 4) is 11.5 Å². The summed E-state index contributed by atoms with van der Waals surface area (Å²) in [5.41, 5.74) is 1.79. The molecule has 3 nitrogen and oxygen atoms in total. The molecular formula is C15H16O3. The first-order chi connectivity index (χ1) is 9.33. The van der Waals surface area contributed by atoms with Crippen molar-refractivity contribution < 1.29 is 16.0 Å². The molecule has 94 valence electrons. The van der Waals surface area contributed by atoms with E-state index in [4.69, 9.17) is 16.0 Å². The Morgan fingerprint density at radius 2 is 1.89 bits per heavy atom. The van der Waals surface area contributed by atoms with E-state index in [9.17, 15) is 0 Å². The first-order valence-electron chi connectivity index (χ1n) is 6.36. The minimum absolute atomic E-state index is 0.0622. The highest BCUT2D eigenvalue weighted by atomic mass is 16.5. The van der Waals surface area contributed by atoms with Gasteiger partial charge in [-0.1, -0.05) is 36.4 Å². The van der Waals surface area contributed by atoms with E-state index in [0.29, 0.717) is 18.1 Å². The second kappa shape index (κ2) is 6.07. The molecule has 0 unspecified atom stereocenters. The van der Waals surface area contributed by atoms with Crippen LogP contribution in [-0.4, -0.2) is 12.2 Å². The lowest BCUT2D eigenvalue weighted by atomic mass is 10.2. The predicted octanol–water partition coefficient (Wildman–Crippen LogP) is 2.77. The molecule has 0 saturated carbocycles. The van der Waals surface area contributed by atoms with Gasteiger partial charge in [0.05, 0.1) is 15.1 Å². The van der Waals surface area contributed by atoms with Crippen molar-refractivity contribution in [1.82, 2.24) is 0 Å². The smallest absolute Gasteiger partial charge is 0.161 e. The van der Waals surface area contributed by atoms with Gasteiger partial charge in [0.15, 0.2) is 11.5 Å². The van der Waals surface area contributed by atoms with Crippen molar-refractivity contribution >= 4 is 0 Å². The third kappa shape index (κ3) is 3.02. The molecule has 1 N–H and O–H groups in total. The second-order valence-electron chi connectivity index (χ2n) is 3.86. The lowest BCUT2D eigenvalue weighted by Gasteiger charge is -2.11. The maximum Gasteiger partial charge on any atom is 0.161 e. The van der Waals surface area contributed by atoms with Crippen LogP contribution in [0, 0.1) is 0 Å². The SMILES string of the molecule is [2H]COc1cc(CO)ccc1OCc1ccccc1. The summed E-state index contributed by atoms with van der Waals surface area (Å²) >= 11 is 0. The van der Waals surface area contributed by atoms with Crippen molar-refractivity contribution in [3.63, 3.8) is 0 Å². The van der Waals surface area contributed by atoms with Gasteiger partial charge in [0.1, 0.15) is 6.61 Å². The Bertz CT molecular complexity index is 514. The van der Waals surface area contributed by atoms with Crippen LogP contribution in [0.3, 0.4) is 0 Å². The van der Waals surface area contributed by atoms with E-state index in [1.54, 1.807) is 18.2 Å². The lowest BCUT2D eigenvalue weighted by molar-refractivity contribution is 0.274. The van der Waals surface area contributed by atoms with E-state index in [0.717, 1.165) is 11.1 Å². The molecular weight excluding hydrogens is 228 g/mol. The topological polar surface area (TPSA) is 38.7 Å². The average Bonchev–Trinajstić information content (AvgIpc) is 2.47. The first-order valence-corrected chi connectivity index (χ1v) is 5.66. The standard InChI is InChI=1S/C15H16O3/c1-17-15-9-13(10-16)7-8-14(15)18-11-12-5-3-2-4-6-12/h2-9,16H,10-11H2,1H3/i1D. The third-order valence-electron chi connectivity index (χ3n) is 2.58. The summed E-state index contributed by atoms with van der Waals surface area (Å²) in [6, 6.07) is 15.0. The minimum atomic E-state index is -0.184. The maximum atomic E-state index is 9.09. The number of hydrogen-bond acceptors (Lipinski definition) is 3. The largest absolute Gasteiger partial charge is 0.493 e. The van der Waals surface area contributed by atoms with Gasteiger partial charge in [0.2, 0.25) is 0 Å². The number of rotatable bonds is 5. The summed E-state index contributed by atoms with van der Waals surface area (Å²) in [7, 11) is -0.184. The van der Waals surface area contributed by atoms with Gasteiger partial charge < -0.3 is 14.6 Å². The van der Waals surface area contributed by atoms with Crippen molar-refractivity contribution in [2.75, 3.05) is 7.09 Å². The Kier molecular flexibility index (Phi) is 3.75. The highest BCUT2D eigenvalue weighted by Gasteiger charge is 2.05. The molecule has 0 saturated heterocycles. The van der Waals surface area contributed by atoms with Crippen molar-refractivity contribution in [3.05, 3.63) is 59.7 Å². The van der Waals surface area contributed by atoms with Gasteiger partial charge >= 0.3 is 0 Å². The zero-order valence-corrected chi connectivity index (χ0v) is 10.0. The Morgan fingerprint density at radius 3 is 2.61 bits per heavy atom. The zero-order valence-electron chi connectivity index (χ0n) is 11.0. The van der Waals surface area contributed by atoms with E-state index in [1.807, 2.05) is 30.3 Å². The summed E-state index contributed by atoms with van der Waals surface area (Å²) in [6.45, 7) is 0.376. The van der Waals surface area contributed by atoms with Gasteiger partial charge in [0, 0.05) is 0 Å². The molecule has 0 amide bonds. The molecule has 0 aliphatic rings. The minimum Gasteiger partial charge on any atom is -0.493 e. The predicted molar refractivity (Wildman–Crippen MR) is 69.7 cm³/mol. The summed E-state index contributed by atoms with van der Waals surface area (Å²) in [5, 5.41) is 9.09. The quantitative estimate of drug-likeness (QED) is 0.880. The number of methoxy groups -OCH3 is 1. The summed E-state index contributed by atoms with van der Waals surface area (Å²) in [5.74, 6) is 1.06. The van der Waals surface area contributed by atoms with E-state index in [1.165, 1.54) is 0 Å². The van der Waals surface area contributed by atoms with Crippen LogP contribution in [0.25, 0.3) is 0 Å². The molecule has 0 aliphatic carbocycles. The summed E-state index contributed by atoms with van der Waals surface area (Å²) in [6.07, 6.45) is 0. The van der Waals surface area contributed by atoms with Crippen LogP contribution in [0.15, 0.2) is 48.5 Å². The fourth-order valence-corrected chi connectivity index (χ4v) is 1.62. The van der Waals surface area contributed by atoms with Crippen LogP contribution in [0.5, 0.6) is 11.5 Å². The van der Waals surface area contributed by atoms with Crippen LogP contribution in [0.1, 0.15) is 12.5 Å². The molecule has 0 aromatic heterocycles. The fraction of sp³-hybridized carbons (Fsp3) is 0.200. The van der Waals surface area contributed by atoms with Gasteiger partial charge in [-0.3, -0.25) is 0 Å². The summed E-state index contributed by atoms with van der Waals surface area (Å²) in [4.78, 5) is 0. The fourth-order valence-electron chi connectivity index (χ4n) is 1.62. The van der Waals surface area contributed by atoms with E-state index < -0.39 is 0 Å². The van der Waals surface area contributed by atoms with Gasteiger partial charge in [-0.25, -0.2) is 0 Å². The Balaban J connectivity index is 2.10. The van der Waals surface area contributed by atoms with Gasteiger partial charge in [-0.2, -0.15) is 0 Å². The van der Waals surface area contributed by atoms with Crippen LogP contribution in [0.4, 0.5) is 0 Å². The molecule has 0 heterocycles. The monoisotopic (exact) mass is 245 g/mol. The molecule has 18 heavy (non-hydrogen) atoms. The lowest BCUT2D eigenvalue weighted by Crippen LogP contribution is -1.98. The number of ether oxygens (including phenoxy) is 2. The molecule has 2 rings (SSSR count). The maximum absolute atomic E-state index is 9.09. The van der Waals surface area contributed by atoms with Gasteiger partial charge in [0.25, 0.3) is 0 Å². The number of benzene rings is 2. The van der Waals surface area contributed by atoms with Crippen LogP contribution >= 0.6 is 0 Å².